The minimum Gasteiger partial charge on any atom is -0.387 e. The first-order chi connectivity index (χ1) is 5.41. The number of aliphatic hydroxyl groups is 1. The van der Waals surface area contributed by atoms with E-state index in [0.717, 1.165) is 11.4 Å². The van der Waals surface area contributed by atoms with Crippen LogP contribution in [0.15, 0.2) is 6.07 Å². The van der Waals surface area contributed by atoms with Gasteiger partial charge in [0.05, 0.1) is 17.5 Å². The quantitative estimate of drug-likeness (QED) is 0.671. The zero-order valence-electron chi connectivity index (χ0n) is 8.05. The molecule has 0 aliphatic carbocycles. The van der Waals surface area contributed by atoms with Gasteiger partial charge in [-0.15, -0.1) is 0 Å². The zero-order valence-corrected chi connectivity index (χ0v) is 8.05. The summed E-state index contributed by atoms with van der Waals surface area (Å²) in [6.45, 7) is 8.00. The van der Waals surface area contributed by atoms with Crippen molar-refractivity contribution < 1.29 is 5.11 Å². The van der Waals surface area contributed by atoms with Crippen LogP contribution in [0.3, 0.4) is 0 Å². The fourth-order valence-electron chi connectivity index (χ4n) is 0.935. The van der Waals surface area contributed by atoms with E-state index in [9.17, 15) is 5.11 Å². The molecule has 3 heteroatoms. The average Bonchev–Trinajstić information content (AvgIpc) is 2.30. The van der Waals surface area contributed by atoms with Crippen LogP contribution in [0.4, 0.5) is 0 Å². The Labute approximate surface area is 72.8 Å². The maximum absolute atomic E-state index is 9.23. The highest BCUT2D eigenvalue weighted by molar-refractivity contribution is 5.17. The molecule has 0 spiro atoms. The van der Waals surface area contributed by atoms with Gasteiger partial charge in [-0.3, -0.25) is 5.10 Å². The summed E-state index contributed by atoms with van der Waals surface area (Å²) in [5.74, 6) is 0. The molecular formula is C9H16N2O. The molecule has 0 amide bonds. The first-order valence-corrected chi connectivity index (χ1v) is 4.15. The van der Waals surface area contributed by atoms with Crippen LogP contribution in [-0.2, 0) is 5.41 Å². The second kappa shape index (κ2) is 2.90. The van der Waals surface area contributed by atoms with Crippen molar-refractivity contribution in [3.8, 4) is 0 Å². The number of aliphatic hydroxyl groups excluding tert-OH is 1. The van der Waals surface area contributed by atoms with Gasteiger partial charge in [0.2, 0.25) is 0 Å². The number of hydrogen-bond donors (Lipinski definition) is 2. The molecule has 1 unspecified atom stereocenters. The maximum atomic E-state index is 9.23. The Kier molecular flexibility index (Phi) is 2.24. The summed E-state index contributed by atoms with van der Waals surface area (Å²) >= 11 is 0. The Balaban J connectivity index is 2.92. The van der Waals surface area contributed by atoms with E-state index in [1.165, 1.54) is 0 Å². The van der Waals surface area contributed by atoms with E-state index >= 15 is 0 Å². The molecule has 0 bridgehead atoms. The van der Waals surface area contributed by atoms with Gasteiger partial charge in [0.15, 0.2) is 0 Å². The molecule has 1 atom stereocenters. The number of aromatic amines is 1. The van der Waals surface area contributed by atoms with Crippen molar-refractivity contribution in [2.45, 2.75) is 39.2 Å². The normalized spacial score (nSPS) is 14.8. The summed E-state index contributed by atoms with van der Waals surface area (Å²) in [6.07, 6.45) is -0.464. The minimum absolute atomic E-state index is 0.0453. The summed E-state index contributed by atoms with van der Waals surface area (Å²) in [5.41, 5.74) is 1.81. The molecule has 0 aromatic carbocycles. The SMILES string of the molecule is CC(O)c1cc(C(C)(C)C)n[nH]1. The standard InChI is InChI=1S/C9H16N2O/c1-6(12)7-5-8(11-10-7)9(2,3)4/h5-6,12H,1-4H3,(H,10,11). The van der Waals surface area contributed by atoms with Crippen molar-refractivity contribution in [3.63, 3.8) is 0 Å². The fraction of sp³-hybridized carbons (Fsp3) is 0.667. The monoisotopic (exact) mass is 168 g/mol. The van der Waals surface area contributed by atoms with E-state index in [4.69, 9.17) is 0 Å². The zero-order chi connectivity index (χ0) is 9.35. The van der Waals surface area contributed by atoms with E-state index in [-0.39, 0.29) is 5.41 Å². The lowest BCUT2D eigenvalue weighted by Gasteiger charge is -2.13. The smallest absolute Gasteiger partial charge is 0.0926 e. The number of aromatic nitrogens is 2. The van der Waals surface area contributed by atoms with Crippen LogP contribution < -0.4 is 0 Å². The Morgan fingerprint density at radius 2 is 2.08 bits per heavy atom. The molecule has 0 fully saturated rings. The Morgan fingerprint density at radius 3 is 2.33 bits per heavy atom. The molecule has 1 heterocycles. The number of nitrogens with one attached hydrogen (secondary N) is 1. The predicted octanol–water partition coefficient (Wildman–Crippen LogP) is 1.76. The predicted molar refractivity (Wildman–Crippen MR) is 47.9 cm³/mol. The molecule has 0 saturated carbocycles. The highest BCUT2D eigenvalue weighted by atomic mass is 16.3. The molecule has 0 saturated heterocycles. The largest absolute Gasteiger partial charge is 0.387 e. The van der Waals surface area contributed by atoms with Crippen molar-refractivity contribution >= 4 is 0 Å². The molecule has 1 rings (SSSR count). The second-order valence-corrected chi connectivity index (χ2v) is 4.13. The number of hydrogen-bond acceptors (Lipinski definition) is 2. The Hall–Kier alpha value is -0.830. The first kappa shape index (κ1) is 9.26. The van der Waals surface area contributed by atoms with E-state index < -0.39 is 6.10 Å². The van der Waals surface area contributed by atoms with Gasteiger partial charge < -0.3 is 5.11 Å². The summed E-state index contributed by atoms with van der Waals surface area (Å²) < 4.78 is 0. The summed E-state index contributed by atoms with van der Waals surface area (Å²) in [5, 5.41) is 16.2. The van der Waals surface area contributed by atoms with Gasteiger partial charge in [-0.05, 0) is 13.0 Å². The molecule has 0 aliphatic rings. The third kappa shape index (κ3) is 1.85. The van der Waals surface area contributed by atoms with Crippen LogP contribution in [0.1, 0.15) is 45.2 Å². The van der Waals surface area contributed by atoms with E-state index in [2.05, 4.69) is 31.0 Å². The molecule has 0 radical (unpaired) electrons. The third-order valence-corrected chi connectivity index (χ3v) is 1.82. The maximum Gasteiger partial charge on any atom is 0.0926 e. The van der Waals surface area contributed by atoms with E-state index in [0.29, 0.717) is 0 Å². The molecule has 1 aromatic heterocycles. The van der Waals surface area contributed by atoms with Crippen molar-refractivity contribution in [1.82, 2.24) is 10.2 Å². The van der Waals surface area contributed by atoms with Crippen molar-refractivity contribution in [2.75, 3.05) is 0 Å². The van der Waals surface area contributed by atoms with Crippen molar-refractivity contribution in [2.24, 2.45) is 0 Å². The molecule has 3 nitrogen and oxygen atoms in total. The molecular weight excluding hydrogens is 152 g/mol. The lowest BCUT2D eigenvalue weighted by molar-refractivity contribution is 0.194. The Morgan fingerprint density at radius 1 is 1.50 bits per heavy atom. The van der Waals surface area contributed by atoms with Crippen LogP contribution in [0.2, 0.25) is 0 Å². The van der Waals surface area contributed by atoms with Crippen molar-refractivity contribution in [3.05, 3.63) is 17.5 Å². The lowest BCUT2D eigenvalue weighted by Crippen LogP contribution is -2.11. The van der Waals surface area contributed by atoms with Gasteiger partial charge >= 0.3 is 0 Å². The third-order valence-electron chi connectivity index (χ3n) is 1.82. The lowest BCUT2D eigenvalue weighted by atomic mass is 9.92. The molecule has 2 N–H and O–H groups in total. The fourth-order valence-corrected chi connectivity index (χ4v) is 0.935. The van der Waals surface area contributed by atoms with Crippen LogP contribution in [0, 0.1) is 0 Å². The minimum atomic E-state index is -0.464. The summed E-state index contributed by atoms with van der Waals surface area (Å²) in [6, 6.07) is 1.91. The number of nitrogens with zero attached hydrogens (tertiary/aromatic N) is 1. The number of rotatable bonds is 1. The summed E-state index contributed by atoms with van der Waals surface area (Å²) in [7, 11) is 0. The molecule has 1 aromatic rings. The van der Waals surface area contributed by atoms with E-state index in [1.54, 1.807) is 6.92 Å². The molecule has 12 heavy (non-hydrogen) atoms. The van der Waals surface area contributed by atoms with Gasteiger partial charge in [0.25, 0.3) is 0 Å². The average molecular weight is 168 g/mol. The van der Waals surface area contributed by atoms with Gasteiger partial charge in [-0.2, -0.15) is 5.10 Å². The highest BCUT2D eigenvalue weighted by Gasteiger charge is 2.18. The first-order valence-electron chi connectivity index (χ1n) is 4.15. The molecule has 68 valence electrons. The number of H-pyrrole nitrogens is 1. The molecule has 0 aliphatic heterocycles. The van der Waals surface area contributed by atoms with Crippen LogP contribution in [-0.4, -0.2) is 15.3 Å². The van der Waals surface area contributed by atoms with Crippen LogP contribution in [0.5, 0.6) is 0 Å². The summed E-state index contributed by atoms with van der Waals surface area (Å²) in [4.78, 5) is 0. The van der Waals surface area contributed by atoms with Crippen LogP contribution in [0.25, 0.3) is 0 Å². The van der Waals surface area contributed by atoms with Crippen LogP contribution >= 0.6 is 0 Å². The Bertz CT molecular complexity index is 258. The second-order valence-electron chi connectivity index (χ2n) is 4.13. The van der Waals surface area contributed by atoms with Crippen molar-refractivity contribution in [1.29, 1.82) is 0 Å². The van der Waals surface area contributed by atoms with Gasteiger partial charge in [0, 0.05) is 5.41 Å². The van der Waals surface area contributed by atoms with Gasteiger partial charge in [-0.25, -0.2) is 0 Å². The van der Waals surface area contributed by atoms with Gasteiger partial charge in [0.1, 0.15) is 0 Å². The topological polar surface area (TPSA) is 48.9 Å². The van der Waals surface area contributed by atoms with E-state index in [1.807, 2.05) is 6.07 Å². The van der Waals surface area contributed by atoms with Gasteiger partial charge in [-0.1, -0.05) is 20.8 Å². The highest BCUT2D eigenvalue weighted by Crippen LogP contribution is 2.22.